The van der Waals surface area contributed by atoms with Crippen molar-refractivity contribution in [2.24, 2.45) is 5.92 Å². The van der Waals surface area contributed by atoms with Gasteiger partial charge in [-0.05, 0) is 47.6 Å². The number of aldehydes is 1. The van der Waals surface area contributed by atoms with Crippen LogP contribution in [0.2, 0.25) is 0 Å². The van der Waals surface area contributed by atoms with Crippen LogP contribution in [0.25, 0.3) is 22.0 Å². The lowest BCUT2D eigenvalue weighted by Crippen LogP contribution is -2.02. The first-order valence-electron chi connectivity index (χ1n) is 10.2. The molecule has 0 aliphatic heterocycles. The molecule has 3 rings (SSSR count). The first-order chi connectivity index (χ1) is 13.3. The molecule has 0 amide bonds. The van der Waals surface area contributed by atoms with Crippen LogP contribution in [-0.4, -0.2) is 11.3 Å². The predicted molar refractivity (Wildman–Crippen MR) is 114 cm³/mol. The number of unbranched alkanes of at least 4 members (excludes halogenated alkanes) is 1. The highest BCUT2D eigenvalue weighted by Gasteiger charge is 2.12. The van der Waals surface area contributed by atoms with Gasteiger partial charge in [-0.1, -0.05) is 75.9 Å². The molecule has 1 heterocycles. The topological polar surface area (TPSA) is 30.0 Å². The normalized spacial score (nSPS) is 12.2. The van der Waals surface area contributed by atoms with Crippen LogP contribution in [0.1, 0.15) is 61.9 Å². The molecular formula is C25H29NO. The van der Waals surface area contributed by atoms with E-state index >= 15 is 0 Å². The van der Waals surface area contributed by atoms with Crippen molar-refractivity contribution in [1.29, 1.82) is 0 Å². The molecule has 0 N–H and O–H groups in total. The molecule has 0 aliphatic carbocycles. The number of aryl methyl sites for hydroxylation is 1. The smallest absolute Gasteiger partial charge is 0.152 e. The van der Waals surface area contributed by atoms with Gasteiger partial charge in [0.05, 0.1) is 5.52 Å². The number of pyridine rings is 1. The van der Waals surface area contributed by atoms with Crippen molar-refractivity contribution in [3.63, 3.8) is 0 Å². The Morgan fingerprint density at radius 1 is 0.963 bits per heavy atom. The van der Waals surface area contributed by atoms with Gasteiger partial charge in [-0.2, -0.15) is 0 Å². The molecule has 1 unspecified atom stereocenters. The minimum absolute atomic E-state index is 0.650. The Hall–Kier alpha value is -2.48. The van der Waals surface area contributed by atoms with Crippen molar-refractivity contribution >= 4 is 17.2 Å². The molecule has 3 aromatic rings. The van der Waals surface area contributed by atoms with Crippen molar-refractivity contribution in [1.82, 2.24) is 4.98 Å². The summed E-state index contributed by atoms with van der Waals surface area (Å²) in [5.74, 6) is 0.800. The molecule has 0 saturated carbocycles. The second-order valence-electron chi connectivity index (χ2n) is 7.33. The van der Waals surface area contributed by atoms with Crippen LogP contribution in [0.15, 0.2) is 54.7 Å². The van der Waals surface area contributed by atoms with Crippen LogP contribution in [0.4, 0.5) is 0 Å². The third-order valence-corrected chi connectivity index (χ3v) is 5.60. The summed E-state index contributed by atoms with van der Waals surface area (Å²) in [6.45, 7) is 4.58. The van der Waals surface area contributed by atoms with Crippen molar-refractivity contribution < 1.29 is 4.79 Å². The quantitative estimate of drug-likeness (QED) is 0.390. The van der Waals surface area contributed by atoms with E-state index in [0.29, 0.717) is 5.56 Å². The first kappa shape index (κ1) is 19.3. The molecular weight excluding hydrogens is 330 g/mol. The highest BCUT2D eigenvalue weighted by Crippen LogP contribution is 2.32. The average molecular weight is 360 g/mol. The van der Waals surface area contributed by atoms with Gasteiger partial charge >= 0.3 is 0 Å². The molecule has 140 valence electrons. The number of benzene rings is 2. The van der Waals surface area contributed by atoms with Crippen LogP contribution in [0.3, 0.4) is 0 Å². The minimum Gasteiger partial charge on any atom is -0.298 e. The van der Waals surface area contributed by atoms with Crippen LogP contribution >= 0.6 is 0 Å². The number of hydrogen-bond donors (Lipinski definition) is 0. The van der Waals surface area contributed by atoms with Crippen LogP contribution in [0.5, 0.6) is 0 Å². The Balaban J connectivity index is 1.95. The van der Waals surface area contributed by atoms with Gasteiger partial charge in [0.1, 0.15) is 0 Å². The van der Waals surface area contributed by atoms with Gasteiger partial charge in [-0.25, -0.2) is 0 Å². The summed E-state index contributed by atoms with van der Waals surface area (Å²) >= 11 is 0. The highest BCUT2D eigenvalue weighted by atomic mass is 16.1. The molecule has 2 heteroatoms. The van der Waals surface area contributed by atoms with E-state index in [1.807, 2.05) is 18.3 Å². The summed E-state index contributed by atoms with van der Waals surface area (Å²) in [5, 5.41) is 1.05. The lowest BCUT2D eigenvalue weighted by atomic mass is 9.89. The van der Waals surface area contributed by atoms with E-state index in [1.54, 1.807) is 0 Å². The highest BCUT2D eigenvalue weighted by molar-refractivity contribution is 6.02. The van der Waals surface area contributed by atoms with Gasteiger partial charge in [0.15, 0.2) is 6.29 Å². The minimum atomic E-state index is 0.650. The summed E-state index contributed by atoms with van der Waals surface area (Å²) < 4.78 is 0. The Bertz CT molecular complexity index is 900. The molecule has 27 heavy (non-hydrogen) atoms. The number of nitrogens with zero attached hydrogens (tertiary/aromatic N) is 1. The van der Waals surface area contributed by atoms with Gasteiger partial charge < -0.3 is 0 Å². The molecule has 0 aliphatic rings. The molecule has 0 spiro atoms. The van der Waals surface area contributed by atoms with Gasteiger partial charge in [0.25, 0.3) is 0 Å². The molecule has 2 nitrogen and oxygen atoms in total. The molecule has 1 atom stereocenters. The monoisotopic (exact) mass is 359 g/mol. The molecule has 0 radical (unpaired) electrons. The Morgan fingerprint density at radius 2 is 1.81 bits per heavy atom. The van der Waals surface area contributed by atoms with E-state index in [2.05, 4.69) is 55.2 Å². The third kappa shape index (κ3) is 4.44. The second kappa shape index (κ2) is 9.45. The average Bonchev–Trinajstić information content (AvgIpc) is 2.73. The maximum Gasteiger partial charge on any atom is 0.152 e. The van der Waals surface area contributed by atoms with Crippen LogP contribution in [-0.2, 0) is 6.42 Å². The van der Waals surface area contributed by atoms with Gasteiger partial charge in [-0.3, -0.25) is 9.78 Å². The molecule has 0 saturated heterocycles. The molecule has 2 aromatic carbocycles. The molecule has 0 fully saturated rings. The Morgan fingerprint density at radius 3 is 2.59 bits per heavy atom. The molecule has 1 aromatic heterocycles. The van der Waals surface area contributed by atoms with E-state index in [-0.39, 0.29) is 0 Å². The van der Waals surface area contributed by atoms with E-state index < -0.39 is 0 Å². The largest absolute Gasteiger partial charge is 0.298 e. The zero-order chi connectivity index (χ0) is 19.1. The van der Waals surface area contributed by atoms with E-state index in [1.165, 1.54) is 48.8 Å². The molecule has 0 bridgehead atoms. The standard InChI is InChI=1S/C25H29NO/c1-3-5-9-19(4-2)14-15-20-10-6-7-12-22(20)23-16-17-26-25-21(18-27)11-8-13-24(23)25/h6-8,10-13,16-19H,3-5,9,14-15H2,1-2H3. The van der Waals surface area contributed by atoms with Crippen molar-refractivity contribution in [3.8, 4) is 11.1 Å². The van der Waals surface area contributed by atoms with E-state index in [9.17, 15) is 4.79 Å². The van der Waals surface area contributed by atoms with Crippen molar-refractivity contribution in [3.05, 3.63) is 65.9 Å². The van der Waals surface area contributed by atoms with Crippen LogP contribution in [0, 0.1) is 5.92 Å². The maximum atomic E-state index is 11.4. The number of fused-ring (bicyclic) bond motifs is 1. The summed E-state index contributed by atoms with van der Waals surface area (Å²) in [6, 6.07) is 16.6. The fraction of sp³-hybridized carbons (Fsp3) is 0.360. The number of rotatable bonds is 9. The maximum absolute atomic E-state index is 11.4. The first-order valence-corrected chi connectivity index (χ1v) is 10.2. The Labute approximate surface area is 162 Å². The number of aromatic nitrogens is 1. The summed E-state index contributed by atoms with van der Waals surface area (Å²) in [4.78, 5) is 15.8. The number of carbonyl (C=O) groups is 1. The van der Waals surface area contributed by atoms with E-state index in [4.69, 9.17) is 0 Å². The summed E-state index contributed by atoms with van der Waals surface area (Å²) in [6.07, 6.45) is 10.2. The number of hydrogen-bond acceptors (Lipinski definition) is 2. The second-order valence-corrected chi connectivity index (χ2v) is 7.33. The lowest BCUT2D eigenvalue weighted by molar-refractivity contribution is 0.112. The number of carbonyl (C=O) groups excluding carboxylic acids is 1. The summed E-state index contributed by atoms with van der Waals surface area (Å²) in [7, 11) is 0. The third-order valence-electron chi connectivity index (χ3n) is 5.60. The van der Waals surface area contributed by atoms with Gasteiger partial charge in [-0.15, -0.1) is 0 Å². The fourth-order valence-corrected chi connectivity index (χ4v) is 3.93. The zero-order valence-corrected chi connectivity index (χ0v) is 16.4. The summed E-state index contributed by atoms with van der Waals surface area (Å²) in [5.41, 5.74) is 5.25. The predicted octanol–water partition coefficient (Wildman–Crippen LogP) is 6.86. The van der Waals surface area contributed by atoms with Crippen LogP contribution < -0.4 is 0 Å². The fourth-order valence-electron chi connectivity index (χ4n) is 3.93. The van der Waals surface area contributed by atoms with E-state index in [0.717, 1.165) is 29.5 Å². The SMILES string of the molecule is CCCCC(CC)CCc1ccccc1-c1ccnc2c(C=O)cccc12. The van der Waals surface area contributed by atoms with Crippen molar-refractivity contribution in [2.45, 2.75) is 52.4 Å². The Kier molecular flexibility index (Phi) is 6.75. The van der Waals surface area contributed by atoms with Gasteiger partial charge in [0, 0.05) is 17.1 Å². The lowest BCUT2D eigenvalue weighted by Gasteiger charge is -2.17. The van der Waals surface area contributed by atoms with Crippen molar-refractivity contribution in [2.75, 3.05) is 0 Å². The zero-order valence-electron chi connectivity index (χ0n) is 16.4. The van der Waals surface area contributed by atoms with Gasteiger partial charge in [0.2, 0.25) is 0 Å². The number of para-hydroxylation sites is 1.